The molecule has 0 aliphatic carbocycles. The topological polar surface area (TPSA) is 77.2 Å². The van der Waals surface area contributed by atoms with Gasteiger partial charge in [0.1, 0.15) is 10.7 Å². The molecule has 14 heavy (non-hydrogen) atoms. The number of nitrogens with zero attached hydrogens (tertiary/aromatic N) is 1. The summed E-state index contributed by atoms with van der Waals surface area (Å²) >= 11 is 1.41. The zero-order chi connectivity index (χ0) is 10.4. The van der Waals surface area contributed by atoms with Crippen LogP contribution in [0.4, 0.5) is 0 Å². The Balaban J connectivity index is 2.53. The summed E-state index contributed by atoms with van der Waals surface area (Å²) in [6.07, 6.45) is 0. The molecule has 0 bridgehead atoms. The lowest BCUT2D eigenvalue weighted by Crippen LogP contribution is -2.29. The first kappa shape index (κ1) is 11.1. The molecular weight excluding hydrogens is 202 g/mol. The van der Waals surface area contributed by atoms with Crippen molar-refractivity contribution in [1.29, 1.82) is 0 Å². The van der Waals surface area contributed by atoms with Gasteiger partial charge in [-0.05, 0) is 0 Å². The minimum Gasteiger partial charge on any atom is -0.378 e. The Morgan fingerprint density at radius 1 is 1.79 bits per heavy atom. The SMILES string of the molecule is COCc1nc(C(=O)NCCN)cs1. The highest BCUT2D eigenvalue weighted by Gasteiger charge is 2.09. The van der Waals surface area contributed by atoms with Crippen LogP contribution in [-0.4, -0.2) is 31.1 Å². The lowest BCUT2D eigenvalue weighted by atomic mass is 10.4. The number of aromatic nitrogens is 1. The van der Waals surface area contributed by atoms with Crippen LogP contribution in [0.15, 0.2) is 5.38 Å². The van der Waals surface area contributed by atoms with Gasteiger partial charge in [-0.15, -0.1) is 11.3 Å². The Bertz CT molecular complexity index is 301. The molecule has 1 amide bonds. The Morgan fingerprint density at radius 2 is 2.57 bits per heavy atom. The molecule has 1 aromatic rings. The van der Waals surface area contributed by atoms with Gasteiger partial charge >= 0.3 is 0 Å². The summed E-state index contributed by atoms with van der Waals surface area (Å²) in [5.41, 5.74) is 5.68. The van der Waals surface area contributed by atoms with Crippen LogP contribution in [0.25, 0.3) is 0 Å². The van der Waals surface area contributed by atoms with Crippen LogP contribution >= 0.6 is 11.3 Å². The van der Waals surface area contributed by atoms with Gasteiger partial charge in [0.05, 0.1) is 6.61 Å². The fourth-order valence-corrected chi connectivity index (χ4v) is 1.63. The van der Waals surface area contributed by atoms with Crippen LogP contribution < -0.4 is 11.1 Å². The maximum absolute atomic E-state index is 11.4. The second-order valence-electron chi connectivity index (χ2n) is 2.60. The summed E-state index contributed by atoms with van der Waals surface area (Å²) in [6.45, 7) is 1.34. The van der Waals surface area contributed by atoms with Crippen molar-refractivity contribution in [2.45, 2.75) is 6.61 Å². The van der Waals surface area contributed by atoms with Crippen molar-refractivity contribution in [3.63, 3.8) is 0 Å². The summed E-state index contributed by atoms with van der Waals surface area (Å²) in [5.74, 6) is -0.186. The van der Waals surface area contributed by atoms with E-state index in [9.17, 15) is 4.79 Å². The van der Waals surface area contributed by atoms with Crippen LogP contribution in [0.3, 0.4) is 0 Å². The summed E-state index contributed by atoms with van der Waals surface area (Å²) < 4.78 is 4.90. The van der Waals surface area contributed by atoms with Gasteiger partial charge < -0.3 is 15.8 Å². The molecule has 6 heteroatoms. The average molecular weight is 215 g/mol. The van der Waals surface area contributed by atoms with E-state index in [1.807, 2.05) is 0 Å². The second-order valence-corrected chi connectivity index (χ2v) is 3.55. The first-order valence-corrected chi connectivity index (χ1v) is 5.07. The van der Waals surface area contributed by atoms with E-state index >= 15 is 0 Å². The Kier molecular flexibility index (Phi) is 4.51. The van der Waals surface area contributed by atoms with Gasteiger partial charge in [0.15, 0.2) is 0 Å². The highest BCUT2D eigenvalue weighted by Crippen LogP contribution is 2.10. The molecule has 0 saturated heterocycles. The van der Waals surface area contributed by atoms with E-state index in [0.717, 1.165) is 5.01 Å². The number of ether oxygens (including phenoxy) is 1. The molecule has 1 rings (SSSR count). The van der Waals surface area contributed by atoms with Gasteiger partial charge in [-0.3, -0.25) is 4.79 Å². The third-order valence-electron chi connectivity index (χ3n) is 1.48. The first-order valence-electron chi connectivity index (χ1n) is 4.19. The number of hydrogen-bond donors (Lipinski definition) is 2. The van der Waals surface area contributed by atoms with Crippen molar-refractivity contribution in [2.75, 3.05) is 20.2 Å². The maximum atomic E-state index is 11.4. The monoisotopic (exact) mass is 215 g/mol. The first-order chi connectivity index (χ1) is 6.77. The summed E-state index contributed by atoms with van der Waals surface area (Å²) in [6, 6.07) is 0. The van der Waals surface area contributed by atoms with Crippen LogP contribution in [0, 0.1) is 0 Å². The smallest absolute Gasteiger partial charge is 0.270 e. The number of hydrogen-bond acceptors (Lipinski definition) is 5. The number of methoxy groups -OCH3 is 1. The largest absolute Gasteiger partial charge is 0.378 e. The molecule has 0 saturated carbocycles. The number of amides is 1. The minimum atomic E-state index is -0.186. The van der Waals surface area contributed by atoms with E-state index in [1.165, 1.54) is 11.3 Å². The van der Waals surface area contributed by atoms with Crippen LogP contribution in [0.5, 0.6) is 0 Å². The minimum absolute atomic E-state index is 0.186. The van der Waals surface area contributed by atoms with E-state index in [2.05, 4.69) is 10.3 Å². The van der Waals surface area contributed by atoms with E-state index < -0.39 is 0 Å². The number of carbonyl (C=O) groups is 1. The van der Waals surface area contributed by atoms with Crippen molar-refractivity contribution >= 4 is 17.2 Å². The quantitative estimate of drug-likeness (QED) is 0.723. The molecule has 0 atom stereocenters. The average Bonchev–Trinajstić information content (AvgIpc) is 2.63. The molecule has 0 aliphatic rings. The number of nitrogens with one attached hydrogen (secondary N) is 1. The zero-order valence-electron chi connectivity index (χ0n) is 7.95. The van der Waals surface area contributed by atoms with Crippen molar-refractivity contribution in [3.05, 3.63) is 16.1 Å². The predicted octanol–water partition coefficient (Wildman–Crippen LogP) is -0.0220. The van der Waals surface area contributed by atoms with Gasteiger partial charge in [0, 0.05) is 25.6 Å². The summed E-state index contributed by atoms with van der Waals surface area (Å²) in [7, 11) is 1.59. The van der Waals surface area contributed by atoms with E-state index in [-0.39, 0.29) is 5.91 Å². The highest BCUT2D eigenvalue weighted by atomic mass is 32.1. The summed E-state index contributed by atoms with van der Waals surface area (Å²) in [5, 5.41) is 5.15. The second kappa shape index (κ2) is 5.69. The fourth-order valence-electron chi connectivity index (χ4n) is 0.881. The number of thiazole rings is 1. The molecular formula is C8H13N3O2S. The predicted molar refractivity (Wildman–Crippen MR) is 54.2 cm³/mol. The number of rotatable bonds is 5. The van der Waals surface area contributed by atoms with Gasteiger partial charge in [0.2, 0.25) is 0 Å². The molecule has 0 spiro atoms. The number of nitrogens with two attached hydrogens (primary N) is 1. The molecule has 0 aliphatic heterocycles. The van der Waals surface area contributed by atoms with Crippen molar-refractivity contribution in [2.24, 2.45) is 5.73 Å². The Hall–Kier alpha value is -0.980. The summed E-state index contributed by atoms with van der Waals surface area (Å²) in [4.78, 5) is 15.5. The molecule has 5 nitrogen and oxygen atoms in total. The molecule has 1 heterocycles. The lowest BCUT2D eigenvalue weighted by Gasteiger charge is -1.98. The van der Waals surface area contributed by atoms with Gasteiger partial charge in [-0.1, -0.05) is 0 Å². The standard InChI is InChI=1S/C8H13N3O2S/c1-13-4-7-11-6(5-14-7)8(12)10-3-2-9/h5H,2-4,9H2,1H3,(H,10,12). The van der Waals surface area contributed by atoms with Crippen molar-refractivity contribution in [3.8, 4) is 0 Å². The molecule has 0 radical (unpaired) electrons. The fraction of sp³-hybridized carbons (Fsp3) is 0.500. The molecule has 0 aromatic carbocycles. The van der Waals surface area contributed by atoms with Crippen LogP contribution in [0.1, 0.15) is 15.5 Å². The molecule has 0 unspecified atom stereocenters. The van der Waals surface area contributed by atoms with E-state index in [1.54, 1.807) is 12.5 Å². The van der Waals surface area contributed by atoms with E-state index in [0.29, 0.717) is 25.4 Å². The third-order valence-corrected chi connectivity index (χ3v) is 2.30. The maximum Gasteiger partial charge on any atom is 0.270 e. The Labute approximate surface area is 86.3 Å². The van der Waals surface area contributed by atoms with Crippen molar-refractivity contribution < 1.29 is 9.53 Å². The van der Waals surface area contributed by atoms with Gasteiger partial charge in [-0.25, -0.2) is 4.98 Å². The van der Waals surface area contributed by atoms with Crippen LogP contribution in [-0.2, 0) is 11.3 Å². The zero-order valence-corrected chi connectivity index (χ0v) is 8.76. The third kappa shape index (κ3) is 3.06. The molecule has 78 valence electrons. The lowest BCUT2D eigenvalue weighted by molar-refractivity contribution is 0.0950. The van der Waals surface area contributed by atoms with E-state index in [4.69, 9.17) is 10.5 Å². The Morgan fingerprint density at radius 3 is 3.21 bits per heavy atom. The van der Waals surface area contributed by atoms with Crippen molar-refractivity contribution in [1.82, 2.24) is 10.3 Å². The molecule has 1 aromatic heterocycles. The number of carbonyl (C=O) groups excluding carboxylic acids is 1. The normalized spacial score (nSPS) is 10.1. The van der Waals surface area contributed by atoms with Gasteiger partial charge in [-0.2, -0.15) is 0 Å². The molecule has 3 N–H and O–H groups in total. The van der Waals surface area contributed by atoms with Gasteiger partial charge in [0.25, 0.3) is 5.91 Å². The molecule has 0 fully saturated rings. The van der Waals surface area contributed by atoms with Crippen LogP contribution in [0.2, 0.25) is 0 Å². The highest BCUT2D eigenvalue weighted by molar-refractivity contribution is 7.09.